The van der Waals surface area contributed by atoms with Gasteiger partial charge in [0, 0.05) is 24.5 Å². The second kappa shape index (κ2) is 11.0. The lowest BCUT2D eigenvalue weighted by atomic mass is 9.73. The van der Waals surface area contributed by atoms with Gasteiger partial charge in [0.1, 0.15) is 11.3 Å². The van der Waals surface area contributed by atoms with Gasteiger partial charge in [-0.1, -0.05) is 37.3 Å². The Bertz CT molecular complexity index is 1090. The minimum atomic E-state index is -0.670. The van der Waals surface area contributed by atoms with Crippen molar-refractivity contribution < 1.29 is 34.3 Å². The minimum Gasteiger partial charge on any atom is -0.492 e. The van der Waals surface area contributed by atoms with E-state index >= 15 is 0 Å². The average molecular weight is 512 g/mol. The van der Waals surface area contributed by atoms with Crippen molar-refractivity contribution in [2.75, 3.05) is 26.9 Å². The molecule has 0 amide bonds. The molecule has 37 heavy (non-hydrogen) atoms. The van der Waals surface area contributed by atoms with Crippen LogP contribution in [0.3, 0.4) is 0 Å². The molecule has 5 rings (SSSR count). The van der Waals surface area contributed by atoms with Crippen LogP contribution in [0.1, 0.15) is 38.2 Å². The Kier molecular flexibility index (Phi) is 7.72. The lowest BCUT2D eigenvalue weighted by molar-refractivity contribution is -0.134. The van der Waals surface area contributed by atoms with E-state index in [1.54, 1.807) is 0 Å². The number of piperidine rings is 1. The van der Waals surface area contributed by atoms with Crippen LogP contribution in [0.15, 0.2) is 65.0 Å². The van der Waals surface area contributed by atoms with Crippen molar-refractivity contribution >= 4 is 5.97 Å². The van der Waals surface area contributed by atoms with Crippen LogP contribution in [0, 0.1) is 17.8 Å². The van der Waals surface area contributed by atoms with Crippen LogP contribution in [-0.2, 0) is 25.4 Å². The fraction of sp³-hybridized carbons (Fsp3) is 0.552. The van der Waals surface area contributed by atoms with Gasteiger partial charge in [0.2, 0.25) is 5.76 Å². The lowest BCUT2D eigenvalue weighted by Gasteiger charge is -2.49. The standard InChI is InChI=1S/C29H37NO7/c1-3-23(33)21-13-18(12-17-8-5-4-6-9-17)14-22-25-19(15-31)27(36-24(25)10-7-11-30(21)22)28-26(35-2)20(16-32)29(34)37-28/h4-6,8-10,18-19,21-23,25,31-33H,3,7,11-16H2,1-2H3/b28-27+/t18-,19-,21-,22-,23-,25+/m0/s1. The second-order valence-electron chi connectivity index (χ2n) is 10.4. The predicted octanol–water partition coefficient (Wildman–Crippen LogP) is 2.65. The van der Waals surface area contributed by atoms with E-state index in [-0.39, 0.29) is 41.7 Å². The molecule has 0 spiro atoms. The van der Waals surface area contributed by atoms with Crippen LogP contribution in [0.4, 0.5) is 0 Å². The van der Waals surface area contributed by atoms with Gasteiger partial charge in [0.25, 0.3) is 0 Å². The van der Waals surface area contributed by atoms with Crippen LogP contribution >= 0.6 is 0 Å². The number of benzene rings is 1. The number of ether oxygens (including phenoxy) is 3. The van der Waals surface area contributed by atoms with Crippen molar-refractivity contribution in [1.82, 2.24) is 4.90 Å². The third-order valence-corrected chi connectivity index (χ3v) is 8.41. The Morgan fingerprint density at radius 1 is 1.16 bits per heavy atom. The molecule has 6 atom stereocenters. The number of methoxy groups -OCH3 is 1. The molecule has 2 fully saturated rings. The van der Waals surface area contributed by atoms with Gasteiger partial charge in [0.05, 0.1) is 32.3 Å². The third-order valence-electron chi connectivity index (χ3n) is 8.41. The molecule has 4 aliphatic rings. The van der Waals surface area contributed by atoms with Crippen LogP contribution in [0.5, 0.6) is 0 Å². The highest BCUT2D eigenvalue weighted by Gasteiger charge is 2.52. The number of nitrogens with zero attached hydrogens (tertiary/aromatic N) is 1. The van der Waals surface area contributed by atoms with Gasteiger partial charge in [-0.2, -0.15) is 0 Å². The summed E-state index contributed by atoms with van der Waals surface area (Å²) in [6, 6.07) is 10.5. The fourth-order valence-electron chi connectivity index (χ4n) is 6.72. The van der Waals surface area contributed by atoms with Gasteiger partial charge in [-0.3, -0.25) is 4.90 Å². The Hall–Kier alpha value is -2.65. The van der Waals surface area contributed by atoms with Crippen molar-refractivity contribution in [1.29, 1.82) is 0 Å². The molecule has 2 saturated heterocycles. The highest BCUT2D eigenvalue weighted by molar-refractivity contribution is 5.94. The number of hydrogen-bond donors (Lipinski definition) is 3. The first-order chi connectivity index (χ1) is 18.0. The zero-order valence-electron chi connectivity index (χ0n) is 21.5. The number of aliphatic hydroxyl groups excluding tert-OH is 3. The Labute approximate surface area is 217 Å². The lowest BCUT2D eigenvalue weighted by Crippen LogP contribution is -2.57. The van der Waals surface area contributed by atoms with Crippen LogP contribution in [-0.4, -0.2) is 71.2 Å². The smallest absolute Gasteiger partial charge is 0.345 e. The van der Waals surface area contributed by atoms with E-state index in [1.807, 2.05) is 13.0 Å². The number of esters is 1. The van der Waals surface area contributed by atoms with Gasteiger partial charge in [-0.25, -0.2) is 4.79 Å². The molecule has 4 aliphatic heterocycles. The van der Waals surface area contributed by atoms with E-state index in [0.29, 0.717) is 18.1 Å². The van der Waals surface area contributed by atoms with E-state index in [4.69, 9.17) is 14.2 Å². The number of aliphatic hydroxyl groups is 3. The summed E-state index contributed by atoms with van der Waals surface area (Å²) in [5.74, 6) is 0.516. The first-order valence-corrected chi connectivity index (χ1v) is 13.3. The summed E-state index contributed by atoms with van der Waals surface area (Å²) < 4.78 is 17.3. The molecular formula is C29H37NO7. The fourth-order valence-corrected chi connectivity index (χ4v) is 6.72. The van der Waals surface area contributed by atoms with Gasteiger partial charge in [-0.05, 0) is 49.7 Å². The molecule has 4 heterocycles. The van der Waals surface area contributed by atoms with Crippen molar-refractivity contribution in [3.05, 3.63) is 70.6 Å². The molecule has 1 aromatic rings. The quantitative estimate of drug-likeness (QED) is 0.480. The summed E-state index contributed by atoms with van der Waals surface area (Å²) in [7, 11) is 1.42. The first-order valence-electron chi connectivity index (χ1n) is 13.3. The number of fused-ring (bicyclic) bond motifs is 3. The molecule has 3 N–H and O–H groups in total. The number of hydrogen-bond acceptors (Lipinski definition) is 8. The molecule has 0 radical (unpaired) electrons. The van der Waals surface area contributed by atoms with Crippen LogP contribution in [0.25, 0.3) is 0 Å². The Balaban J connectivity index is 1.53. The maximum atomic E-state index is 12.4. The summed E-state index contributed by atoms with van der Waals surface area (Å²) in [6.07, 6.45) is 5.80. The van der Waals surface area contributed by atoms with E-state index in [2.05, 4.69) is 35.2 Å². The summed E-state index contributed by atoms with van der Waals surface area (Å²) in [6.45, 7) is 2.12. The molecular weight excluding hydrogens is 474 g/mol. The van der Waals surface area contributed by atoms with Gasteiger partial charge < -0.3 is 29.5 Å². The van der Waals surface area contributed by atoms with Crippen LogP contribution < -0.4 is 0 Å². The van der Waals surface area contributed by atoms with Crippen molar-refractivity contribution in [3.63, 3.8) is 0 Å². The topological polar surface area (TPSA) is 109 Å². The molecule has 0 aliphatic carbocycles. The van der Waals surface area contributed by atoms with E-state index in [0.717, 1.165) is 38.0 Å². The molecule has 0 bridgehead atoms. The van der Waals surface area contributed by atoms with Crippen molar-refractivity contribution in [3.8, 4) is 0 Å². The highest BCUT2D eigenvalue weighted by atomic mass is 16.6. The van der Waals surface area contributed by atoms with Crippen molar-refractivity contribution in [2.45, 2.75) is 57.2 Å². The van der Waals surface area contributed by atoms with Crippen LogP contribution in [0.2, 0.25) is 0 Å². The second-order valence-corrected chi connectivity index (χ2v) is 10.4. The summed E-state index contributed by atoms with van der Waals surface area (Å²) >= 11 is 0. The maximum absolute atomic E-state index is 12.4. The Morgan fingerprint density at radius 3 is 2.62 bits per heavy atom. The SMILES string of the molecule is CC[C@H](O)[C@@H]1C[C@H](Cc2ccccc2)C[C@H]2[C@@H]3C(=CCCN21)O/C(=C1/OC(=O)C(CO)=C1OC)[C@H]3CO. The number of carbonyl (C=O) groups is 1. The first kappa shape index (κ1) is 26.0. The largest absolute Gasteiger partial charge is 0.492 e. The molecule has 1 aromatic carbocycles. The normalized spacial score (nSPS) is 32.7. The summed E-state index contributed by atoms with van der Waals surface area (Å²) in [4.78, 5) is 14.8. The average Bonchev–Trinajstić information content (AvgIpc) is 3.38. The third kappa shape index (κ3) is 4.72. The number of rotatable bonds is 7. The zero-order chi connectivity index (χ0) is 26.1. The monoisotopic (exact) mass is 511 g/mol. The van der Waals surface area contributed by atoms with Gasteiger partial charge in [-0.15, -0.1) is 0 Å². The molecule has 0 unspecified atom stereocenters. The molecule has 0 saturated carbocycles. The summed E-state index contributed by atoms with van der Waals surface area (Å²) in [5, 5.41) is 31.4. The number of carbonyl (C=O) groups excluding carboxylic acids is 1. The van der Waals surface area contributed by atoms with Crippen molar-refractivity contribution in [2.24, 2.45) is 17.8 Å². The molecule has 200 valence electrons. The highest BCUT2D eigenvalue weighted by Crippen LogP contribution is 2.50. The zero-order valence-corrected chi connectivity index (χ0v) is 21.5. The Morgan fingerprint density at radius 2 is 1.95 bits per heavy atom. The minimum absolute atomic E-state index is 0.0148. The van der Waals surface area contributed by atoms with Gasteiger partial charge >= 0.3 is 5.97 Å². The number of cyclic esters (lactones) is 1. The predicted molar refractivity (Wildman–Crippen MR) is 136 cm³/mol. The summed E-state index contributed by atoms with van der Waals surface area (Å²) in [5.41, 5.74) is 1.32. The molecule has 8 heteroatoms. The van der Waals surface area contributed by atoms with E-state index < -0.39 is 24.6 Å². The van der Waals surface area contributed by atoms with E-state index in [1.165, 1.54) is 12.7 Å². The van der Waals surface area contributed by atoms with E-state index in [9.17, 15) is 20.1 Å². The molecule has 8 nitrogen and oxygen atoms in total. The molecule has 0 aromatic heterocycles. The van der Waals surface area contributed by atoms with Gasteiger partial charge in [0.15, 0.2) is 11.5 Å². The maximum Gasteiger partial charge on any atom is 0.345 e.